The molecule has 1 N–H and O–H groups in total. The molecule has 11 heavy (non-hydrogen) atoms. The molecule has 1 saturated heterocycles. The molecular formula is C10H19N. The van der Waals surface area contributed by atoms with Gasteiger partial charge in [-0.3, -0.25) is 0 Å². The third kappa shape index (κ3) is 1.96. The van der Waals surface area contributed by atoms with Crippen molar-refractivity contribution >= 4 is 0 Å². The van der Waals surface area contributed by atoms with E-state index in [1.54, 1.807) is 0 Å². The number of hydrogen-bond donors (Lipinski definition) is 1. The van der Waals surface area contributed by atoms with E-state index in [0.717, 1.165) is 11.5 Å². The highest BCUT2D eigenvalue weighted by molar-refractivity contribution is 4.87. The van der Waals surface area contributed by atoms with Crippen molar-refractivity contribution in [1.29, 1.82) is 0 Å². The third-order valence-electron chi connectivity index (χ3n) is 3.40. The van der Waals surface area contributed by atoms with Crippen LogP contribution in [-0.4, -0.2) is 12.6 Å². The summed E-state index contributed by atoms with van der Waals surface area (Å²) >= 11 is 0. The summed E-state index contributed by atoms with van der Waals surface area (Å²) in [4.78, 5) is 0. The molecule has 1 atom stereocenters. The van der Waals surface area contributed by atoms with Gasteiger partial charge in [0.1, 0.15) is 0 Å². The van der Waals surface area contributed by atoms with E-state index in [-0.39, 0.29) is 0 Å². The highest BCUT2D eigenvalue weighted by Crippen LogP contribution is 2.41. The molecule has 2 aliphatic rings. The van der Waals surface area contributed by atoms with E-state index >= 15 is 0 Å². The predicted molar refractivity (Wildman–Crippen MR) is 47.6 cm³/mol. The number of rotatable bonds is 3. The van der Waals surface area contributed by atoms with E-state index < -0.39 is 0 Å². The van der Waals surface area contributed by atoms with Crippen LogP contribution in [0.5, 0.6) is 0 Å². The van der Waals surface area contributed by atoms with E-state index in [1.807, 2.05) is 0 Å². The highest BCUT2D eigenvalue weighted by Gasteiger charge is 2.30. The molecule has 0 radical (unpaired) electrons. The first-order valence-electron chi connectivity index (χ1n) is 5.02. The second-order valence-corrected chi connectivity index (χ2v) is 4.66. The van der Waals surface area contributed by atoms with Crippen molar-refractivity contribution in [2.45, 2.75) is 51.5 Å². The van der Waals surface area contributed by atoms with E-state index in [2.05, 4.69) is 12.2 Å². The topological polar surface area (TPSA) is 21.9 Å². The van der Waals surface area contributed by atoms with Crippen molar-refractivity contribution in [2.75, 3.05) is 6.54 Å². The maximum absolute atomic E-state index is 3.38. The van der Waals surface area contributed by atoms with Crippen LogP contribution in [0.25, 0.3) is 0 Å². The van der Waals surface area contributed by atoms with Crippen LogP contribution in [0, 0.1) is 5.41 Å². The SMILES string of the molecule is CC1(CCC2CN2)CCCC1. The average Bonchev–Trinajstić information content (AvgIpc) is 2.73. The van der Waals surface area contributed by atoms with Crippen molar-refractivity contribution in [3.63, 3.8) is 0 Å². The van der Waals surface area contributed by atoms with E-state index in [9.17, 15) is 0 Å². The molecule has 0 amide bonds. The second kappa shape index (κ2) is 2.78. The quantitative estimate of drug-likeness (QED) is 0.617. The smallest absolute Gasteiger partial charge is 0.0193 e. The Hall–Kier alpha value is -0.0400. The Labute approximate surface area is 69.6 Å². The molecule has 1 unspecified atom stereocenters. The first-order valence-corrected chi connectivity index (χ1v) is 5.02. The molecular weight excluding hydrogens is 134 g/mol. The van der Waals surface area contributed by atoms with Gasteiger partial charge in [0.05, 0.1) is 0 Å². The molecule has 1 heterocycles. The molecule has 1 aliphatic heterocycles. The molecule has 0 spiro atoms. The van der Waals surface area contributed by atoms with Gasteiger partial charge in [-0.25, -0.2) is 0 Å². The zero-order chi connectivity index (χ0) is 7.73. The van der Waals surface area contributed by atoms with Gasteiger partial charge in [0.15, 0.2) is 0 Å². The normalized spacial score (nSPS) is 34.1. The lowest BCUT2D eigenvalue weighted by Gasteiger charge is -2.22. The van der Waals surface area contributed by atoms with Gasteiger partial charge < -0.3 is 5.32 Å². The summed E-state index contributed by atoms with van der Waals surface area (Å²) in [6.45, 7) is 3.76. The van der Waals surface area contributed by atoms with Crippen LogP contribution < -0.4 is 5.32 Å². The van der Waals surface area contributed by atoms with Gasteiger partial charge in [-0.05, 0) is 31.1 Å². The fourth-order valence-corrected chi connectivity index (χ4v) is 2.29. The Morgan fingerprint density at radius 2 is 2.00 bits per heavy atom. The minimum atomic E-state index is 0.726. The lowest BCUT2D eigenvalue weighted by Crippen LogP contribution is -2.12. The highest BCUT2D eigenvalue weighted by atomic mass is 15.1. The Balaban J connectivity index is 1.73. The minimum absolute atomic E-state index is 0.726. The predicted octanol–water partition coefficient (Wildman–Crippen LogP) is 2.32. The first kappa shape index (κ1) is 7.60. The fraction of sp³-hybridized carbons (Fsp3) is 1.00. The molecule has 1 saturated carbocycles. The van der Waals surface area contributed by atoms with Gasteiger partial charge >= 0.3 is 0 Å². The zero-order valence-electron chi connectivity index (χ0n) is 7.53. The first-order chi connectivity index (χ1) is 5.29. The Morgan fingerprint density at radius 3 is 2.55 bits per heavy atom. The fourth-order valence-electron chi connectivity index (χ4n) is 2.29. The van der Waals surface area contributed by atoms with Crippen LogP contribution >= 0.6 is 0 Å². The summed E-state index contributed by atoms with van der Waals surface area (Å²) in [5.74, 6) is 0. The second-order valence-electron chi connectivity index (χ2n) is 4.66. The van der Waals surface area contributed by atoms with Gasteiger partial charge in [0.25, 0.3) is 0 Å². The van der Waals surface area contributed by atoms with Crippen LogP contribution in [0.15, 0.2) is 0 Å². The average molecular weight is 153 g/mol. The molecule has 2 fully saturated rings. The molecule has 1 heteroatoms. The minimum Gasteiger partial charge on any atom is -0.311 e. The van der Waals surface area contributed by atoms with Crippen molar-refractivity contribution in [3.05, 3.63) is 0 Å². The maximum Gasteiger partial charge on any atom is 0.0193 e. The van der Waals surface area contributed by atoms with E-state index in [4.69, 9.17) is 0 Å². The van der Waals surface area contributed by atoms with Gasteiger partial charge in [-0.15, -0.1) is 0 Å². The van der Waals surface area contributed by atoms with Crippen LogP contribution in [0.3, 0.4) is 0 Å². The monoisotopic (exact) mass is 153 g/mol. The zero-order valence-corrected chi connectivity index (χ0v) is 7.53. The van der Waals surface area contributed by atoms with Crippen LogP contribution in [0.4, 0.5) is 0 Å². The molecule has 0 aromatic carbocycles. The lowest BCUT2D eigenvalue weighted by molar-refractivity contribution is 0.299. The Kier molecular flexibility index (Phi) is 1.92. The van der Waals surface area contributed by atoms with E-state index in [0.29, 0.717) is 0 Å². The summed E-state index contributed by atoms with van der Waals surface area (Å²) in [7, 11) is 0. The molecule has 0 aromatic rings. The van der Waals surface area contributed by atoms with E-state index in [1.165, 1.54) is 45.1 Å². The Morgan fingerprint density at radius 1 is 1.36 bits per heavy atom. The summed E-state index contributed by atoms with van der Waals surface area (Å²) in [6.07, 6.45) is 8.82. The molecule has 1 aliphatic carbocycles. The molecule has 1 nitrogen and oxygen atoms in total. The number of nitrogens with one attached hydrogen (secondary N) is 1. The molecule has 2 rings (SSSR count). The van der Waals surface area contributed by atoms with Gasteiger partial charge in [-0.1, -0.05) is 19.8 Å². The van der Waals surface area contributed by atoms with Crippen LogP contribution in [0.1, 0.15) is 45.4 Å². The molecule has 64 valence electrons. The van der Waals surface area contributed by atoms with Crippen LogP contribution in [-0.2, 0) is 0 Å². The van der Waals surface area contributed by atoms with Gasteiger partial charge in [0, 0.05) is 12.6 Å². The molecule has 0 aromatic heterocycles. The Bertz CT molecular complexity index is 132. The summed E-state index contributed by atoms with van der Waals surface area (Å²) < 4.78 is 0. The van der Waals surface area contributed by atoms with Gasteiger partial charge in [0.2, 0.25) is 0 Å². The van der Waals surface area contributed by atoms with Crippen LogP contribution in [0.2, 0.25) is 0 Å². The van der Waals surface area contributed by atoms with Gasteiger partial charge in [-0.2, -0.15) is 0 Å². The third-order valence-corrected chi connectivity index (χ3v) is 3.40. The standard InChI is InChI=1S/C10H19N/c1-10(5-2-3-6-10)7-4-9-8-11-9/h9,11H,2-8H2,1H3. The molecule has 0 bridgehead atoms. The van der Waals surface area contributed by atoms with Crippen molar-refractivity contribution in [1.82, 2.24) is 5.32 Å². The summed E-state index contributed by atoms with van der Waals surface area (Å²) in [5, 5.41) is 3.38. The maximum atomic E-state index is 3.38. The summed E-state index contributed by atoms with van der Waals surface area (Å²) in [6, 6.07) is 0.896. The largest absolute Gasteiger partial charge is 0.311 e. The van der Waals surface area contributed by atoms with Crippen molar-refractivity contribution in [3.8, 4) is 0 Å². The van der Waals surface area contributed by atoms with Crippen molar-refractivity contribution in [2.24, 2.45) is 5.41 Å². The number of hydrogen-bond acceptors (Lipinski definition) is 1. The summed E-state index contributed by atoms with van der Waals surface area (Å²) in [5.41, 5.74) is 0.726. The lowest BCUT2D eigenvalue weighted by atomic mass is 9.83. The van der Waals surface area contributed by atoms with Crippen molar-refractivity contribution < 1.29 is 0 Å².